The predicted molar refractivity (Wildman–Crippen MR) is 139 cm³/mol. The van der Waals surface area contributed by atoms with E-state index >= 15 is 0 Å². The fourth-order valence-electron chi connectivity index (χ4n) is 2.96. The van der Waals surface area contributed by atoms with Crippen LogP contribution in [-0.2, 0) is 17.9 Å². The van der Waals surface area contributed by atoms with Crippen molar-refractivity contribution in [2.24, 2.45) is 5.92 Å². The van der Waals surface area contributed by atoms with E-state index in [1.165, 1.54) is 0 Å². The highest BCUT2D eigenvalue weighted by Gasteiger charge is 2.13. The van der Waals surface area contributed by atoms with E-state index in [2.05, 4.69) is 26.6 Å². The molecule has 174 valence electrons. The quantitative estimate of drug-likeness (QED) is 0.288. The van der Waals surface area contributed by atoms with E-state index in [1.807, 2.05) is 56.3 Å². The van der Waals surface area contributed by atoms with E-state index in [4.69, 9.17) is 32.7 Å². The molecule has 0 bridgehead atoms. The zero-order chi connectivity index (χ0) is 24.0. The van der Waals surface area contributed by atoms with Crippen LogP contribution in [0.5, 0.6) is 11.5 Å². The Morgan fingerprint density at radius 2 is 1.67 bits per heavy atom. The molecule has 0 aliphatic carbocycles. The van der Waals surface area contributed by atoms with Gasteiger partial charge in [0.15, 0.2) is 11.5 Å². The fourth-order valence-corrected chi connectivity index (χ4v) is 3.89. The van der Waals surface area contributed by atoms with Crippen molar-refractivity contribution in [2.45, 2.75) is 27.0 Å². The van der Waals surface area contributed by atoms with Gasteiger partial charge >= 0.3 is 0 Å². The van der Waals surface area contributed by atoms with Crippen LogP contribution in [0.1, 0.15) is 25.0 Å². The molecular weight excluding hydrogens is 527 g/mol. The van der Waals surface area contributed by atoms with E-state index in [0.717, 1.165) is 27.0 Å². The maximum Gasteiger partial charge on any atom is 0.226 e. The Hall–Kier alpha value is -2.41. The molecule has 3 aromatic rings. The van der Waals surface area contributed by atoms with Crippen molar-refractivity contribution in [2.75, 3.05) is 17.7 Å². The van der Waals surface area contributed by atoms with Gasteiger partial charge in [-0.05, 0) is 75.6 Å². The molecule has 5 nitrogen and oxygen atoms in total. The Bertz CT molecular complexity index is 1120. The Kier molecular flexibility index (Phi) is 8.89. The van der Waals surface area contributed by atoms with E-state index in [-0.39, 0.29) is 11.8 Å². The summed E-state index contributed by atoms with van der Waals surface area (Å²) in [6.07, 6.45) is 0. The average molecular weight is 552 g/mol. The van der Waals surface area contributed by atoms with Gasteiger partial charge in [-0.3, -0.25) is 4.79 Å². The molecule has 0 unspecified atom stereocenters. The molecule has 3 aromatic carbocycles. The standard InChI is InChI=1S/C25H25BrCl2N2O3/c1-15(2)25(31)30-19-7-5-18(6-8-19)29-13-17-10-20(26)24(23(12-17)32-3)33-14-16-4-9-21(27)22(28)11-16/h4-12,15,29H,13-14H2,1-3H3,(H,30,31). The summed E-state index contributed by atoms with van der Waals surface area (Å²) in [6.45, 7) is 4.63. The van der Waals surface area contributed by atoms with Crippen molar-refractivity contribution in [3.63, 3.8) is 0 Å². The third-order valence-electron chi connectivity index (χ3n) is 4.83. The van der Waals surface area contributed by atoms with Crippen molar-refractivity contribution in [1.82, 2.24) is 0 Å². The van der Waals surface area contributed by atoms with Crippen LogP contribution in [0.15, 0.2) is 59.1 Å². The summed E-state index contributed by atoms with van der Waals surface area (Å²) in [5.74, 6) is 1.16. The van der Waals surface area contributed by atoms with Crippen molar-refractivity contribution in [1.29, 1.82) is 0 Å². The molecule has 0 heterocycles. The summed E-state index contributed by atoms with van der Waals surface area (Å²) in [5, 5.41) is 7.25. The zero-order valence-corrected chi connectivity index (χ0v) is 21.6. The number of ether oxygens (including phenoxy) is 2. The Morgan fingerprint density at radius 3 is 2.30 bits per heavy atom. The van der Waals surface area contributed by atoms with Gasteiger partial charge in [-0.1, -0.05) is 43.1 Å². The molecule has 0 aliphatic heterocycles. The first-order chi connectivity index (χ1) is 15.8. The number of hydrogen-bond acceptors (Lipinski definition) is 4. The van der Waals surface area contributed by atoms with Gasteiger partial charge < -0.3 is 20.1 Å². The van der Waals surface area contributed by atoms with Gasteiger partial charge in [0.1, 0.15) is 6.61 Å². The second-order valence-corrected chi connectivity index (χ2v) is 9.39. The Balaban J connectivity index is 1.64. The van der Waals surface area contributed by atoms with Crippen molar-refractivity contribution in [3.05, 3.63) is 80.2 Å². The normalized spacial score (nSPS) is 10.8. The molecule has 8 heteroatoms. The van der Waals surface area contributed by atoms with Gasteiger partial charge in [0.05, 0.1) is 21.6 Å². The minimum atomic E-state index is -0.0628. The third-order valence-corrected chi connectivity index (χ3v) is 6.16. The Labute approximate surface area is 212 Å². The van der Waals surface area contributed by atoms with Crippen LogP contribution in [0.3, 0.4) is 0 Å². The largest absolute Gasteiger partial charge is 0.493 e. The molecular formula is C25H25BrCl2N2O3. The molecule has 0 atom stereocenters. The first kappa shape index (κ1) is 25.2. The van der Waals surface area contributed by atoms with Crippen LogP contribution in [0.4, 0.5) is 11.4 Å². The summed E-state index contributed by atoms with van der Waals surface area (Å²) in [4.78, 5) is 11.8. The lowest BCUT2D eigenvalue weighted by molar-refractivity contribution is -0.118. The van der Waals surface area contributed by atoms with Crippen molar-refractivity contribution in [3.8, 4) is 11.5 Å². The molecule has 0 saturated heterocycles. The minimum absolute atomic E-state index is 0.00544. The van der Waals surface area contributed by atoms with Crippen molar-refractivity contribution >= 4 is 56.4 Å². The van der Waals surface area contributed by atoms with Gasteiger partial charge in [0.25, 0.3) is 0 Å². The zero-order valence-electron chi connectivity index (χ0n) is 18.5. The lowest BCUT2D eigenvalue weighted by Crippen LogP contribution is -2.17. The molecule has 3 rings (SSSR count). The third kappa shape index (κ3) is 7.03. The predicted octanol–water partition coefficient (Wildman–Crippen LogP) is 7.55. The van der Waals surface area contributed by atoms with Crippen LogP contribution >= 0.6 is 39.1 Å². The van der Waals surface area contributed by atoms with Gasteiger partial charge in [0.2, 0.25) is 5.91 Å². The van der Waals surface area contributed by atoms with Gasteiger partial charge in [-0.25, -0.2) is 0 Å². The Morgan fingerprint density at radius 1 is 0.970 bits per heavy atom. The highest BCUT2D eigenvalue weighted by molar-refractivity contribution is 9.10. The molecule has 2 N–H and O–H groups in total. The number of carbonyl (C=O) groups excluding carboxylic acids is 1. The second-order valence-electron chi connectivity index (χ2n) is 7.72. The summed E-state index contributed by atoms with van der Waals surface area (Å²) in [6, 6.07) is 16.9. The first-order valence-electron chi connectivity index (χ1n) is 10.3. The SMILES string of the molecule is COc1cc(CNc2ccc(NC(=O)C(C)C)cc2)cc(Br)c1OCc1ccc(Cl)c(Cl)c1. The first-order valence-corrected chi connectivity index (χ1v) is 11.9. The van der Waals surface area contributed by atoms with Crippen LogP contribution in [0.25, 0.3) is 0 Å². The van der Waals surface area contributed by atoms with Crippen LogP contribution in [-0.4, -0.2) is 13.0 Å². The molecule has 0 radical (unpaired) electrons. The monoisotopic (exact) mass is 550 g/mol. The highest BCUT2D eigenvalue weighted by Crippen LogP contribution is 2.37. The fraction of sp³-hybridized carbons (Fsp3) is 0.240. The number of amides is 1. The summed E-state index contributed by atoms with van der Waals surface area (Å²) < 4.78 is 12.3. The number of anilines is 2. The number of hydrogen-bond donors (Lipinski definition) is 2. The molecule has 0 aliphatic rings. The number of benzene rings is 3. The lowest BCUT2D eigenvalue weighted by Gasteiger charge is -2.15. The summed E-state index contributed by atoms with van der Waals surface area (Å²) in [7, 11) is 1.61. The summed E-state index contributed by atoms with van der Waals surface area (Å²) >= 11 is 15.7. The smallest absolute Gasteiger partial charge is 0.226 e. The van der Waals surface area contributed by atoms with Gasteiger partial charge in [0, 0.05) is 23.8 Å². The van der Waals surface area contributed by atoms with Crippen LogP contribution in [0.2, 0.25) is 10.0 Å². The maximum atomic E-state index is 11.8. The second kappa shape index (κ2) is 11.6. The minimum Gasteiger partial charge on any atom is -0.493 e. The number of nitrogens with one attached hydrogen (secondary N) is 2. The van der Waals surface area contributed by atoms with E-state index in [0.29, 0.717) is 34.7 Å². The molecule has 1 amide bonds. The lowest BCUT2D eigenvalue weighted by atomic mass is 10.2. The van der Waals surface area contributed by atoms with Gasteiger partial charge in [-0.2, -0.15) is 0 Å². The maximum absolute atomic E-state index is 11.8. The highest BCUT2D eigenvalue weighted by atomic mass is 79.9. The molecule has 0 saturated carbocycles. The molecule has 0 aromatic heterocycles. The number of rotatable bonds is 9. The van der Waals surface area contributed by atoms with Crippen LogP contribution in [0, 0.1) is 5.92 Å². The average Bonchev–Trinajstić information content (AvgIpc) is 2.79. The molecule has 0 spiro atoms. The topological polar surface area (TPSA) is 59.6 Å². The van der Waals surface area contributed by atoms with Gasteiger partial charge in [-0.15, -0.1) is 0 Å². The molecule has 33 heavy (non-hydrogen) atoms. The van der Waals surface area contributed by atoms with Crippen LogP contribution < -0.4 is 20.1 Å². The summed E-state index contributed by atoms with van der Waals surface area (Å²) in [5.41, 5.74) is 3.62. The number of methoxy groups -OCH3 is 1. The number of halogens is 3. The van der Waals surface area contributed by atoms with Crippen molar-refractivity contribution < 1.29 is 14.3 Å². The van der Waals surface area contributed by atoms with E-state index in [9.17, 15) is 4.79 Å². The van der Waals surface area contributed by atoms with E-state index in [1.54, 1.807) is 19.2 Å². The van der Waals surface area contributed by atoms with E-state index < -0.39 is 0 Å². The molecule has 0 fully saturated rings. The number of carbonyl (C=O) groups is 1.